The molecule has 1 fully saturated rings. The Labute approximate surface area is 113 Å². The topological polar surface area (TPSA) is 35.9 Å². The molecule has 1 aliphatic rings. The van der Waals surface area contributed by atoms with Crippen LogP contribution in [-0.4, -0.2) is 61.8 Å². The molecule has 4 nitrogen and oxygen atoms in total. The second-order valence-electron chi connectivity index (χ2n) is 5.15. The molecular formula is C14H21FN2O2. The van der Waals surface area contributed by atoms with Crippen LogP contribution in [0.5, 0.6) is 5.75 Å². The van der Waals surface area contributed by atoms with Gasteiger partial charge in [0.25, 0.3) is 0 Å². The minimum Gasteiger partial charge on any atom is -0.494 e. The first-order valence-corrected chi connectivity index (χ1v) is 6.43. The largest absolute Gasteiger partial charge is 0.494 e. The number of rotatable bonds is 3. The molecule has 0 bridgehead atoms. The molecule has 1 aliphatic heterocycles. The Hall–Kier alpha value is -1.17. The Morgan fingerprint density at radius 2 is 2.11 bits per heavy atom. The van der Waals surface area contributed by atoms with Gasteiger partial charge in [-0.05, 0) is 31.8 Å². The number of aliphatic hydroxyl groups is 1. The Morgan fingerprint density at radius 1 is 1.37 bits per heavy atom. The third kappa shape index (κ3) is 3.05. The van der Waals surface area contributed by atoms with Crippen molar-refractivity contribution in [1.82, 2.24) is 9.80 Å². The lowest BCUT2D eigenvalue weighted by atomic mass is 9.99. The first-order chi connectivity index (χ1) is 9.02. The summed E-state index contributed by atoms with van der Waals surface area (Å²) in [4.78, 5) is 4.29. The van der Waals surface area contributed by atoms with Crippen molar-refractivity contribution in [2.75, 3.05) is 40.8 Å². The molecule has 5 heteroatoms. The van der Waals surface area contributed by atoms with Crippen molar-refractivity contribution in [3.8, 4) is 5.75 Å². The number of ether oxygens (including phenoxy) is 1. The van der Waals surface area contributed by atoms with Crippen LogP contribution < -0.4 is 4.74 Å². The number of piperazine rings is 1. The van der Waals surface area contributed by atoms with Crippen molar-refractivity contribution in [3.05, 3.63) is 29.6 Å². The molecule has 1 saturated heterocycles. The van der Waals surface area contributed by atoms with Crippen molar-refractivity contribution < 1.29 is 14.2 Å². The molecule has 19 heavy (non-hydrogen) atoms. The van der Waals surface area contributed by atoms with Gasteiger partial charge in [-0.3, -0.25) is 4.90 Å². The van der Waals surface area contributed by atoms with E-state index in [1.807, 2.05) is 14.1 Å². The minimum atomic E-state index is -0.701. The normalized spacial score (nSPS) is 23.3. The van der Waals surface area contributed by atoms with E-state index in [1.54, 1.807) is 12.1 Å². The fraction of sp³-hybridized carbons (Fsp3) is 0.571. The predicted octanol–water partition coefficient (Wildman–Crippen LogP) is 1.11. The fourth-order valence-electron chi connectivity index (χ4n) is 2.47. The molecule has 2 atom stereocenters. The van der Waals surface area contributed by atoms with Gasteiger partial charge < -0.3 is 14.7 Å². The highest BCUT2D eigenvalue weighted by molar-refractivity contribution is 5.31. The monoisotopic (exact) mass is 268 g/mol. The standard InChI is InChI=1S/C14H21FN2O2/c1-16-6-7-17(2)12(9-16)14(18)10-4-5-13(19-3)11(15)8-10/h4-5,8,12,14,18H,6-7,9H2,1-3H3. The van der Waals surface area contributed by atoms with Crippen LogP contribution in [0.15, 0.2) is 18.2 Å². The van der Waals surface area contributed by atoms with Gasteiger partial charge in [-0.25, -0.2) is 4.39 Å². The Kier molecular flexibility index (Phi) is 4.39. The summed E-state index contributed by atoms with van der Waals surface area (Å²) < 4.78 is 18.6. The Morgan fingerprint density at radius 3 is 2.74 bits per heavy atom. The number of halogens is 1. The van der Waals surface area contributed by atoms with E-state index >= 15 is 0 Å². The van der Waals surface area contributed by atoms with Gasteiger partial charge in [0.05, 0.1) is 19.3 Å². The summed E-state index contributed by atoms with van der Waals surface area (Å²) in [6.45, 7) is 2.65. The van der Waals surface area contributed by atoms with Crippen LogP contribution in [0.25, 0.3) is 0 Å². The lowest BCUT2D eigenvalue weighted by Crippen LogP contribution is -2.52. The van der Waals surface area contributed by atoms with Crippen LogP contribution in [-0.2, 0) is 0 Å². The molecule has 0 aromatic heterocycles. The molecule has 0 radical (unpaired) electrons. The van der Waals surface area contributed by atoms with Crippen molar-refractivity contribution in [2.24, 2.45) is 0 Å². The number of aliphatic hydroxyl groups excluding tert-OH is 1. The van der Waals surface area contributed by atoms with Gasteiger partial charge in [-0.1, -0.05) is 6.07 Å². The van der Waals surface area contributed by atoms with E-state index in [-0.39, 0.29) is 11.8 Å². The third-order valence-corrected chi connectivity index (χ3v) is 3.78. The van der Waals surface area contributed by atoms with E-state index in [4.69, 9.17) is 4.74 Å². The number of benzene rings is 1. The molecule has 1 heterocycles. The zero-order valence-electron chi connectivity index (χ0n) is 11.6. The van der Waals surface area contributed by atoms with Crippen molar-refractivity contribution in [2.45, 2.75) is 12.1 Å². The molecule has 106 valence electrons. The summed E-state index contributed by atoms with van der Waals surface area (Å²) in [5.74, 6) is -0.240. The molecule has 1 aromatic carbocycles. The van der Waals surface area contributed by atoms with Gasteiger partial charge in [0, 0.05) is 19.6 Å². The fourth-order valence-corrected chi connectivity index (χ4v) is 2.47. The molecule has 1 N–H and O–H groups in total. The van der Waals surface area contributed by atoms with Crippen LogP contribution in [0.2, 0.25) is 0 Å². The third-order valence-electron chi connectivity index (χ3n) is 3.78. The molecule has 0 spiro atoms. The predicted molar refractivity (Wildman–Crippen MR) is 71.8 cm³/mol. The molecule has 0 saturated carbocycles. The number of hydrogen-bond donors (Lipinski definition) is 1. The Bertz CT molecular complexity index is 441. The smallest absolute Gasteiger partial charge is 0.165 e. The average molecular weight is 268 g/mol. The van der Waals surface area contributed by atoms with E-state index in [2.05, 4.69) is 9.80 Å². The summed E-state index contributed by atoms with van der Waals surface area (Å²) in [6, 6.07) is 4.60. The summed E-state index contributed by atoms with van der Waals surface area (Å²) in [5.41, 5.74) is 0.588. The number of methoxy groups -OCH3 is 1. The van der Waals surface area contributed by atoms with E-state index in [0.717, 1.165) is 19.6 Å². The van der Waals surface area contributed by atoms with Gasteiger partial charge >= 0.3 is 0 Å². The van der Waals surface area contributed by atoms with Crippen molar-refractivity contribution in [3.63, 3.8) is 0 Å². The first-order valence-electron chi connectivity index (χ1n) is 6.43. The van der Waals surface area contributed by atoms with E-state index in [0.29, 0.717) is 5.56 Å². The maximum absolute atomic E-state index is 13.7. The van der Waals surface area contributed by atoms with Crippen molar-refractivity contribution >= 4 is 0 Å². The van der Waals surface area contributed by atoms with Gasteiger partial charge in [0.1, 0.15) is 0 Å². The van der Waals surface area contributed by atoms with Crippen molar-refractivity contribution in [1.29, 1.82) is 0 Å². The van der Waals surface area contributed by atoms with E-state index in [1.165, 1.54) is 13.2 Å². The number of likely N-dealkylation sites (N-methyl/N-ethyl adjacent to an activating group) is 2. The van der Waals surface area contributed by atoms with E-state index in [9.17, 15) is 9.50 Å². The van der Waals surface area contributed by atoms with Crippen LogP contribution in [0, 0.1) is 5.82 Å². The summed E-state index contributed by atoms with van der Waals surface area (Å²) in [7, 11) is 5.44. The van der Waals surface area contributed by atoms with Crippen LogP contribution >= 0.6 is 0 Å². The molecule has 0 aliphatic carbocycles. The Balaban J connectivity index is 2.18. The van der Waals surface area contributed by atoms with Crippen LogP contribution in [0.3, 0.4) is 0 Å². The van der Waals surface area contributed by atoms with Gasteiger partial charge in [-0.2, -0.15) is 0 Å². The lowest BCUT2D eigenvalue weighted by Gasteiger charge is -2.40. The highest BCUT2D eigenvalue weighted by Crippen LogP contribution is 2.26. The summed E-state index contributed by atoms with van der Waals surface area (Å²) in [5, 5.41) is 10.4. The maximum atomic E-state index is 13.7. The summed E-state index contributed by atoms with van der Waals surface area (Å²) in [6.07, 6.45) is -0.701. The highest BCUT2D eigenvalue weighted by Gasteiger charge is 2.29. The number of nitrogens with zero attached hydrogens (tertiary/aromatic N) is 2. The lowest BCUT2D eigenvalue weighted by molar-refractivity contribution is 0.0136. The molecular weight excluding hydrogens is 247 g/mol. The number of hydrogen-bond acceptors (Lipinski definition) is 4. The highest BCUT2D eigenvalue weighted by atomic mass is 19.1. The molecule has 1 aromatic rings. The molecule has 0 amide bonds. The quantitative estimate of drug-likeness (QED) is 0.891. The average Bonchev–Trinajstić information content (AvgIpc) is 2.40. The van der Waals surface area contributed by atoms with Gasteiger partial charge in [0.2, 0.25) is 0 Å². The van der Waals surface area contributed by atoms with Gasteiger partial charge in [-0.15, -0.1) is 0 Å². The maximum Gasteiger partial charge on any atom is 0.165 e. The zero-order valence-corrected chi connectivity index (χ0v) is 11.6. The second kappa shape index (κ2) is 5.86. The summed E-state index contributed by atoms with van der Waals surface area (Å²) >= 11 is 0. The van der Waals surface area contributed by atoms with Crippen LogP contribution in [0.4, 0.5) is 4.39 Å². The molecule has 2 unspecified atom stereocenters. The SMILES string of the molecule is COc1ccc(C(O)C2CN(C)CCN2C)cc1F. The first kappa shape index (κ1) is 14.2. The van der Waals surface area contributed by atoms with Gasteiger partial charge in [0.15, 0.2) is 11.6 Å². The van der Waals surface area contributed by atoms with Crippen LogP contribution in [0.1, 0.15) is 11.7 Å². The second-order valence-corrected chi connectivity index (χ2v) is 5.15. The zero-order chi connectivity index (χ0) is 14.0. The molecule has 2 rings (SSSR count). The minimum absolute atomic E-state index is 0.0217. The van der Waals surface area contributed by atoms with E-state index < -0.39 is 11.9 Å².